The third-order valence-electron chi connectivity index (χ3n) is 1.45. The predicted octanol–water partition coefficient (Wildman–Crippen LogP) is 1.73. The van der Waals surface area contributed by atoms with E-state index < -0.39 is 5.97 Å². The normalized spacial score (nSPS) is 17.5. The highest BCUT2D eigenvalue weighted by Gasteiger charge is 2.25. The smallest absolute Gasteiger partial charge is 0.333 e. The molecule has 0 radical (unpaired) electrons. The Morgan fingerprint density at radius 3 is 2.40 bits per heavy atom. The van der Waals surface area contributed by atoms with Crippen molar-refractivity contribution in [2.75, 3.05) is 5.75 Å². The lowest BCUT2D eigenvalue weighted by atomic mass is 10.1. The van der Waals surface area contributed by atoms with Gasteiger partial charge in [-0.15, -0.1) is 11.8 Å². The van der Waals surface area contributed by atoms with E-state index in [1.54, 1.807) is 11.8 Å². The van der Waals surface area contributed by atoms with E-state index in [0.29, 0.717) is 17.2 Å². The van der Waals surface area contributed by atoms with Crippen LogP contribution in [0.4, 0.5) is 0 Å². The van der Waals surface area contributed by atoms with Gasteiger partial charge in [0.25, 0.3) is 0 Å². The fourth-order valence-electron chi connectivity index (χ4n) is 0.910. The standard InChI is InChI=1S/C7H10O2S/c1-4(2)6-5(3-10-6)7(8)9/h4H,3H2,1-2H3,(H,8,9). The first-order chi connectivity index (χ1) is 4.63. The summed E-state index contributed by atoms with van der Waals surface area (Å²) in [7, 11) is 0. The van der Waals surface area contributed by atoms with Gasteiger partial charge in [-0.25, -0.2) is 4.79 Å². The van der Waals surface area contributed by atoms with Gasteiger partial charge in [-0.1, -0.05) is 13.8 Å². The molecule has 0 amide bonds. The molecule has 1 aliphatic heterocycles. The summed E-state index contributed by atoms with van der Waals surface area (Å²) in [6, 6.07) is 0. The largest absolute Gasteiger partial charge is 0.478 e. The summed E-state index contributed by atoms with van der Waals surface area (Å²) in [4.78, 5) is 11.5. The second-order valence-corrected chi connectivity index (χ2v) is 3.61. The van der Waals surface area contributed by atoms with Crippen molar-refractivity contribution < 1.29 is 9.90 Å². The van der Waals surface area contributed by atoms with Crippen molar-refractivity contribution in [3.8, 4) is 0 Å². The SMILES string of the molecule is CC(C)C1=C(C(=O)O)CS1. The zero-order chi connectivity index (χ0) is 7.72. The van der Waals surface area contributed by atoms with Gasteiger partial charge in [0.05, 0.1) is 5.57 Å². The summed E-state index contributed by atoms with van der Waals surface area (Å²) in [6.07, 6.45) is 0. The van der Waals surface area contributed by atoms with Crippen LogP contribution in [0.5, 0.6) is 0 Å². The molecule has 1 heterocycles. The van der Waals surface area contributed by atoms with Gasteiger partial charge in [0, 0.05) is 5.75 Å². The van der Waals surface area contributed by atoms with E-state index in [2.05, 4.69) is 0 Å². The van der Waals surface area contributed by atoms with Crippen molar-refractivity contribution >= 4 is 17.7 Å². The molecule has 3 heteroatoms. The molecule has 0 spiro atoms. The average Bonchev–Trinajstić information content (AvgIpc) is 1.56. The molecule has 0 aromatic carbocycles. The monoisotopic (exact) mass is 158 g/mol. The Bertz CT molecular complexity index is 194. The molecule has 56 valence electrons. The molecule has 1 rings (SSSR count). The zero-order valence-electron chi connectivity index (χ0n) is 6.05. The van der Waals surface area contributed by atoms with Crippen LogP contribution in [0.15, 0.2) is 10.5 Å². The molecule has 1 N–H and O–H groups in total. The summed E-state index contributed by atoms with van der Waals surface area (Å²) >= 11 is 1.65. The molecule has 0 bridgehead atoms. The van der Waals surface area contributed by atoms with E-state index in [1.165, 1.54) is 0 Å². The minimum atomic E-state index is -0.748. The van der Waals surface area contributed by atoms with Crippen molar-refractivity contribution in [1.29, 1.82) is 0 Å². The van der Waals surface area contributed by atoms with E-state index in [0.717, 1.165) is 4.91 Å². The topological polar surface area (TPSA) is 37.3 Å². The van der Waals surface area contributed by atoms with E-state index in [-0.39, 0.29) is 0 Å². The number of carboxylic acids is 1. The van der Waals surface area contributed by atoms with Gasteiger partial charge in [-0.2, -0.15) is 0 Å². The minimum absolute atomic E-state index is 0.379. The molecule has 0 aliphatic carbocycles. The summed E-state index contributed by atoms with van der Waals surface area (Å²) in [5, 5.41) is 8.58. The van der Waals surface area contributed by atoms with E-state index in [1.807, 2.05) is 13.8 Å². The van der Waals surface area contributed by atoms with Crippen LogP contribution in [0.3, 0.4) is 0 Å². The maximum atomic E-state index is 10.4. The molecule has 0 aromatic heterocycles. The molecule has 0 saturated heterocycles. The summed E-state index contributed by atoms with van der Waals surface area (Å²) < 4.78 is 0. The van der Waals surface area contributed by atoms with Crippen LogP contribution >= 0.6 is 11.8 Å². The van der Waals surface area contributed by atoms with Crippen LogP contribution < -0.4 is 0 Å². The molecule has 1 aliphatic rings. The second-order valence-electron chi connectivity index (χ2n) is 2.59. The van der Waals surface area contributed by atoms with Crippen LogP contribution in [0.2, 0.25) is 0 Å². The Labute approximate surface area is 64.3 Å². The lowest BCUT2D eigenvalue weighted by Gasteiger charge is -2.22. The first-order valence-corrected chi connectivity index (χ1v) is 4.20. The maximum absolute atomic E-state index is 10.4. The van der Waals surface area contributed by atoms with Gasteiger partial charge in [0.1, 0.15) is 0 Å². The van der Waals surface area contributed by atoms with Crippen LogP contribution in [-0.4, -0.2) is 16.8 Å². The second kappa shape index (κ2) is 2.66. The van der Waals surface area contributed by atoms with Gasteiger partial charge in [0.2, 0.25) is 0 Å². The summed E-state index contributed by atoms with van der Waals surface area (Å²) in [5.74, 6) is 0.315. The quantitative estimate of drug-likeness (QED) is 0.665. The first-order valence-electron chi connectivity index (χ1n) is 3.22. The molecule has 0 fully saturated rings. The Morgan fingerprint density at radius 2 is 2.30 bits per heavy atom. The van der Waals surface area contributed by atoms with Crippen molar-refractivity contribution in [3.05, 3.63) is 10.5 Å². The van der Waals surface area contributed by atoms with Gasteiger partial charge < -0.3 is 5.11 Å². The van der Waals surface area contributed by atoms with E-state index >= 15 is 0 Å². The molecule has 2 nitrogen and oxygen atoms in total. The van der Waals surface area contributed by atoms with Crippen LogP contribution in [0, 0.1) is 5.92 Å². The van der Waals surface area contributed by atoms with Gasteiger partial charge >= 0.3 is 5.97 Å². The molecular weight excluding hydrogens is 148 g/mol. The average molecular weight is 158 g/mol. The molecule has 0 saturated carbocycles. The Hall–Kier alpha value is -0.440. The Morgan fingerprint density at radius 1 is 1.70 bits per heavy atom. The minimum Gasteiger partial charge on any atom is -0.478 e. The van der Waals surface area contributed by atoms with Crippen LogP contribution in [-0.2, 0) is 4.79 Å². The first kappa shape index (κ1) is 7.66. The maximum Gasteiger partial charge on any atom is 0.333 e. The Balaban J connectivity index is 2.77. The molecular formula is C7H10O2S. The van der Waals surface area contributed by atoms with Gasteiger partial charge in [-0.05, 0) is 10.8 Å². The van der Waals surface area contributed by atoms with Gasteiger partial charge in [0.15, 0.2) is 0 Å². The number of hydrogen-bond donors (Lipinski definition) is 1. The lowest BCUT2D eigenvalue weighted by molar-refractivity contribution is -0.132. The molecule has 0 unspecified atom stereocenters. The number of allylic oxidation sites excluding steroid dienone is 1. The van der Waals surface area contributed by atoms with E-state index in [9.17, 15) is 4.79 Å². The van der Waals surface area contributed by atoms with Crippen molar-refractivity contribution in [1.82, 2.24) is 0 Å². The van der Waals surface area contributed by atoms with E-state index in [4.69, 9.17) is 5.11 Å². The van der Waals surface area contributed by atoms with Crippen molar-refractivity contribution in [2.24, 2.45) is 5.92 Å². The zero-order valence-corrected chi connectivity index (χ0v) is 6.86. The summed E-state index contributed by atoms with van der Waals surface area (Å²) in [5.41, 5.74) is 0.611. The Kier molecular flexibility index (Phi) is 2.04. The number of carbonyl (C=O) groups is 1. The highest BCUT2D eigenvalue weighted by molar-refractivity contribution is 8.04. The third kappa shape index (κ3) is 1.19. The molecule has 10 heavy (non-hydrogen) atoms. The third-order valence-corrected chi connectivity index (χ3v) is 2.91. The highest BCUT2D eigenvalue weighted by Crippen LogP contribution is 2.38. The number of thioether (sulfide) groups is 1. The fraction of sp³-hybridized carbons (Fsp3) is 0.571. The fourth-order valence-corrected chi connectivity index (χ4v) is 1.91. The van der Waals surface area contributed by atoms with Gasteiger partial charge in [-0.3, -0.25) is 0 Å². The van der Waals surface area contributed by atoms with Crippen LogP contribution in [0.25, 0.3) is 0 Å². The predicted molar refractivity (Wildman–Crippen MR) is 42.0 cm³/mol. The summed E-state index contributed by atoms with van der Waals surface area (Å²) in [6.45, 7) is 4.04. The highest BCUT2D eigenvalue weighted by atomic mass is 32.2. The molecule has 0 aromatic rings. The number of hydrogen-bond acceptors (Lipinski definition) is 2. The van der Waals surface area contributed by atoms with Crippen molar-refractivity contribution in [3.63, 3.8) is 0 Å². The molecule has 0 atom stereocenters. The number of carboxylic acid groups (broad SMARTS) is 1. The number of aliphatic carboxylic acids is 1. The van der Waals surface area contributed by atoms with Crippen LogP contribution in [0.1, 0.15) is 13.8 Å². The van der Waals surface area contributed by atoms with Crippen molar-refractivity contribution in [2.45, 2.75) is 13.8 Å². The number of rotatable bonds is 2. The lowest BCUT2D eigenvalue weighted by Crippen LogP contribution is -2.16.